The second-order valence-electron chi connectivity index (χ2n) is 7.92. The Hall–Kier alpha value is -2.44. The van der Waals surface area contributed by atoms with Crippen molar-refractivity contribution >= 4 is 7.32 Å². The van der Waals surface area contributed by atoms with Crippen LogP contribution in [0.3, 0.4) is 0 Å². The molecule has 0 aliphatic carbocycles. The van der Waals surface area contributed by atoms with Crippen molar-refractivity contribution in [3.63, 3.8) is 0 Å². The molecule has 4 nitrogen and oxygen atoms in total. The molecule has 0 aliphatic heterocycles. The second kappa shape index (κ2) is 14.7. The van der Waals surface area contributed by atoms with E-state index in [1.165, 1.54) is 36.3 Å². The fraction of sp³-hybridized carbons (Fsp3) is 0.357. The van der Waals surface area contributed by atoms with Crippen LogP contribution in [-0.4, -0.2) is 48.5 Å². The molecule has 0 amide bonds. The van der Waals surface area contributed by atoms with Gasteiger partial charge in [0.05, 0.1) is 0 Å². The summed E-state index contributed by atoms with van der Waals surface area (Å²) in [5.74, 6) is 0. The maximum Gasteiger partial charge on any atom is 0.633 e. The van der Waals surface area contributed by atoms with E-state index in [1.54, 1.807) is 0 Å². The normalized spacial score (nSPS) is 11.1. The van der Waals surface area contributed by atoms with Crippen molar-refractivity contribution in [3.8, 4) is 0 Å². The third-order valence-electron chi connectivity index (χ3n) is 6.10. The van der Waals surface area contributed by atoms with Crippen molar-refractivity contribution in [1.29, 1.82) is 0 Å². The van der Waals surface area contributed by atoms with E-state index in [9.17, 15) is 0 Å². The Morgan fingerprint density at radius 2 is 1.03 bits per heavy atom. The predicted molar refractivity (Wildman–Crippen MR) is 138 cm³/mol. The van der Waals surface area contributed by atoms with E-state index >= 15 is 0 Å². The molecule has 0 spiro atoms. The number of hydrogen-bond donors (Lipinski definition) is 2. The quantitative estimate of drug-likeness (QED) is 0.243. The van der Waals surface area contributed by atoms with Crippen molar-refractivity contribution in [2.75, 3.05) is 26.2 Å². The van der Waals surface area contributed by atoms with Crippen molar-refractivity contribution in [2.45, 2.75) is 39.0 Å². The summed E-state index contributed by atoms with van der Waals surface area (Å²) in [5, 5.41) is 17.9. The molecule has 0 aliphatic rings. The molecule has 0 radical (unpaired) electrons. The van der Waals surface area contributed by atoms with Crippen molar-refractivity contribution in [2.24, 2.45) is 0 Å². The number of hydrogen-bond acceptors (Lipinski definition) is 4. The van der Waals surface area contributed by atoms with Crippen molar-refractivity contribution in [3.05, 3.63) is 108 Å². The van der Waals surface area contributed by atoms with E-state index in [0.29, 0.717) is 6.42 Å². The van der Waals surface area contributed by atoms with Crippen LogP contribution in [0.4, 0.5) is 0 Å². The topological polar surface area (TPSA) is 52.9 Å². The lowest BCUT2D eigenvalue weighted by atomic mass is 9.67. The van der Waals surface area contributed by atoms with Gasteiger partial charge in [0.2, 0.25) is 0 Å². The largest absolute Gasteiger partial charge is 0.633 e. The third kappa shape index (κ3) is 7.83. The SMILES string of the molecule is CCN(CC)CC.OB(O)OCCCC(c1ccccc1)(c1ccccc1)c1ccccc1. The van der Waals surface area contributed by atoms with Gasteiger partial charge in [0, 0.05) is 12.0 Å². The zero-order chi connectivity index (χ0) is 23.9. The van der Waals surface area contributed by atoms with E-state index in [0.717, 1.165) is 6.42 Å². The van der Waals surface area contributed by atoms with Gasteiger partial charge in [-0.25, -0.2) is 0 Å². The van der Waals surface area contributed by atoms with Gasteiger partial charge in [-0.2, -0.15) is 0 Å². The Balaban J connectivity index is 0.000000479. The van der Waals surface area contributed by atoms with Crippen LogP contribution < -0.4 is 0 Å². The van der Waals surface area contributed by atoms with Crippen LogP contribution in [0.25, 0.3) is 0 Å². The zero-order valence-electron chi connectivity index (χ0n) is 20.2. The Labute approximate surface area is 200 Å². The summed E-state index contributed by atoms with van der Waals surface area (Å²) in [5.41, 5.74) is 3.30. The molecule has 0 aromatic heterocycles. The van der Waals surface area contributed by atoms with E-state index in [4.69, 9.17) is 14.7 Å². The highest BCUT2D eigenvalue weighted by atomic mass is 16.6. The molecule has 0 atom stereocenters. The summed E-state index contributed by atoms with van der Waals surface area (Å²) in [6, 6.07) is 31.4. The molecule has 0 unspecified atom stereocenters. The fourth-order valence-electron chi connectivity index (χ4n) is 4.30. The smallest absolute Gasteiger partial charge is 0.402 e. The first-order chi connectivity index (χ1) is 16.1. The Morgan fingerprint density at radius 1 is 0.667 bits per heavy atom. The summed E-state index contributed by atoms with van der Waals surface area (Å²) in [6.07, 6.45) is 1.48. The molecule has 0 fully saturated rings. The van der Waals surface area contributed by atoms with Crippen LogP contribution in [-0.2, 0) is 10.1 Å². The number of rotatable bonds is 11. The van der Waals surface area contributed by atoms with Crippen LogP contribution in [0.5, 0.6) is 0 Å². The van der Waals surface area contributed by atoms with Crippen LogP contribution >= 0.6 is 0 Å². The molecule has 33 heavy (non-hydrogen) atoms. The summed E-state index contributed by atoms with van der Waals surface area (Å²) in [4.78, 5) is 2.38. The third-order valence-corrected chi connectivity index (χ3v) is 6.10. The second-order valence-corrected chi connectivity index (χ2v) is 7.92. The van der Waals surface area contributed by atoms with Gasteiger partial charge in [0.1, 0.15) is 0 Å². The monoisotopic (exact) mass is 447 g/mol. The van der Waals surface area contributed by atoms with Gasteiger partial charge < -0.3 is 19.6 Å². The van der Waals surface area contributed by atoms with Crippen LogP contribution in [0.1, 0.15) is 50.3 Å². The maximum atomic E-state index is 8.97. The van der Waals surface area contributed by atoms with Gasteiger partial charge in [0.15, 0.2) is 0 Å². The molecule has 0 saturated carbocycles. The van der Waals surface area contributed by atoms with E-state index in [2.05, 4.69) is 98.5 Å². The number of nitrogens with zero attached hydrogens (tertiary/aromatic N) is 1. The Bertz CT molecular complexity index is 769. The molecule has 3 aromatic carbocycles. The van der Waals surface area contributed by atoms with Gasteiger partial charge in [-0.15, -0.1) is 0 Å². The van der Waals surface area contributed by atoms with Gasteiger partial charge in [0.25, 0.3) is 0 Å². The first-order valence-electron chi connectivity index (χ1n) is 11.9. The molecule has 0 bridgehead atoms. The van der Waals surface area contributed by atoms with Crippen LogP contribution in [0.15, 0.2) is 91.0 Å². The molecule has 5 heteroatoms. The van der Waals surface area contributed by atoms with Crippen LogP contribution in [0, 0.1) is 0 Å². The van der Waals surface area contributed by atoms with Gasteiger partial charge >= 0.3 is 7.32 Å². The highest BCUT2D eigenvalue weighted by Gasteiger charge is 2.35. The van der Waals surface area contributed by atoms with Crippen LogP contribution in [0.2, 0.25) is 0 Å². The van der Waals surface area contributed by atoms with E-state index < -0.39 is 7.32 Å². The molecule has 2 N–H and O–H groups in total. The lowest BCUT2D eigenvalue weighted by Crippen LogP contribution is -2.30. The van der Waals surface area contributed by atoms with E-state index in [-0.39, 0.29) is 12.0 Å². The van der Waals surface area contributed by atoms with Gasteiger partial charge in [-0.05, 0) is 49.2 Å². The first-order valence-corrected chi connectivity index (χ1v) is 11.9. The number of benzene rings is 3. The molecule has 0 heterocycles. The molecule has 3 rings (SSSR count). The summed E-state index contributed by atoms with van der Waals surface area (Å²) >= 11 is 0. The standard InChI is InChI=1S/C22H23BO3.C6H15N/c24-23(25)26-18-10-17-22(19-11-4-1-5-12-19,20-13-6-2-7-14-20)21-15-8-3-9-16-21;1-4-7(5-2)6-3/h1-9,11-16,24-25H,10,17-18H2;4-6H2,1-3H3. The molecule has 0 saturated heterocycles. The average Bonchev–Trinajstić information content (AvgIpc) is 2.87. The lowest BCUT2D eigenvalue weighted by molar-refractivity contribution is 0.179. The first kappa shape index (κ1) is 26.8. The van der Waals surface area contributed by atoms with Gasteiger partial charge in [-0.3, -0.25) is 0 Å². The minimum atomic E-state index is -1.73. The Morgan fingerprint density at radius 3 is 1.30 bits per heavy atom. The Kier molecular flexibility index (Phi) is 11.9. The minimum absolute atomic E-state index is 0.284. The zero-order valence-corrected chi connectivity index (χ0v) is 20.2. The van der Waals surface area contributed by atoms with E-state index in [1.807, 2.05) is 18.2 Å². The minimum Gasteiger partial charge on any atom is -0.402 e. The molecular weight excluding hydrogens is 409 g/mol. The fourth-order valence-corrected chi connectivity index (χ4v) is 4.30. The molecule has 176 valence electrons. The maximum absolute atomic E-state index is 8.97. The van der Waals surface area contributed by atoms with Crippen molar-refractivity contribution < 1.29 is 14.7 Å². The summed E-state index contributed by atoms with van der Waals surface area (Å²) in [6.45, 7) is 10.4. The lowest BCUT2D eigenvalue weighted by Gasteiger charge is -2.36. The van der Waals surface area contributed by atoms with Crippen molar-refractivity contribution in [1.82, 2.24) is 4.90 Å². The average molecular weight is 447 g/mol. The van der Waals surface area contributed by atoms with Gasteiger partial charge in [-0.1, -0.05) is 112 Å². The molecule has 3 aromatic rings. The summed E-state index contributed by atoms with van der Waals surface area (Å²) in [7, 11) is -1.73. The highest BCUT2D eigenvalue weighted by molar-refractivity contribution is 6.32. The predicted octanol–water partition coefficient (Wildman–Crippen LogP) is 5.14. The summed E-state index contributed by atoms with van der Waals surface area (Å²) < 4.78 is 4.96. The highest BCUT2D eigenvalue weighted by Crippen LogP contribution is 2.42. The molecular formula is C28H38BNO3.